The molecule has 2 rings (SSSR count). The molecule has 1 amide bonds. The van der Waals surface area contributed by atoms with Gasteiger partial charge >= 0.3 is 0 Å². The molecule has 19 heavy (non-hydrogen) atoms. The number of carbonyl (C=O) groups excluding carboxylic acids is 1. The van der Waals surface area contributed by atoms with Crippen LogP contribution in [0.15, 0.2) is 6.07 Å². The molecular weight excluding hydrogens is 310 g/mol. The highest BCUT2D eigenvalue weighted by atomic mass is 79.9. The highest BCUT2D eigenvalue weighted by Gasteiger charge is 2.28. The van der Waals surface area contributed by atoms with E-state index in [0.717, 1.165) is 24.7 Å². The summed E-state index contributed by atoms with van der Waals surface area (Å²) in [6, 6.07) is 2.07. The molecule has 0 aliphatic heterocycles. The number of ether oxygens (including phenoxy) is 1. The van der Waals surface area contributed by atoms with Crippen LogP contribution in [0.1, 0.15) is 36.2 Å². The van der Waals surface area contributed by atoms with E-state index in [1.54, 1.807) is 24.9 Å². The maximum Gasteiger partial charge on any atom is 0.274 e. The van der Waals surface area contributed by atoms with Crippen LogP contribution in [-0.2, 0) is 7.05 Å². The Morgan fingerprint density at radius 2 is 2.26 bits per heavy atom. The first-order chi connectivity index (χ1) is 9.17. The summed E-state index contributed by atoms with van der Waals surface area (Å²) in [5.74, 6) is 0.610. The monoisotopic (exact) mass is 329 g/mol. The first kappa shape index (κ1) is 14.4. The van der Waals surface area contributed by atoms with Crippen molar-refractivity contribution in [2.75, 3.05) is 19.0 Å². The van der Waals surface area contributed by atoms with E-state index >= 15 is 0 Å². The second-order valence-corrected chi connectivity index (χ2v) is 5.61. The highest BCUT2D eigenvalue weighted by Crippen LogP contribution is 2.25. The van der Waals surface area contributed by atoms with Gasteiger partial charge in [-0.25, -0.2) is 4.68 Å². The van der Waals surface area contributed by atoms with E-state index < -0.39 is 0 Å². The van der Waals surface area contributed by atoms with Crippen molar-refractivity contribution in [3.8, 4) is 5.88 Å². The average Bonchev–Trinajstić information content (AvgIpc) is 3.04. The number of hydrogen-bond donors (Lipinski definition) is 0. The number of amides is 1. The summed E-state index contributed by atoms with van der Waals surface area (Å²) in [5.41, 5.74) is 0.465. The molecule has 1 heterocycles. The number of aryl methyl sites for hydroxylation is 1. The van der Waals surface area contributed by atoms with Crippen molar-refractivity contribution < 1.29 is 9.53 Å². The third-order valence-electron chi connectivity index (χ3n) is 3.62. The summed E-state index contributed by atoms with van der Waals surface area (Å²) in [5, 5.41) is 5.03. The number of carbonyl (C=O) groups is 1. The predicted octanol–water partition coefficient (Wildman–Crippen LogP) is 2.21. The van der Waals surface area contributed by atoms with Crippen molar-refractivity contribution in [2.24, 2.45) is 7.05 Å². The molecule has 1 aliphatic carbocycles. The smallest absolute Gasteiger partial charge is 0.274 e. The summed E-state index contributed by atoms with van der Waals surface area (Å²) in [6.07, 6.45) is 4.62. The molecule has 1 aromatic rings. The molecule has 0 saturated heterocycles. The predicted molar refractivity (Wildman–Crippen MR) is 76.8 cm³/mol. The Morgan fingerprint density at radius 1 is 1.58 bits per heavy atom. The molecule has 0 bridgehead atoms. The quantitative estimate of drug-likeness (QED) is 0.778. The van der Waals surface area contributed by atoms with Crippen molar-refractivity contribution in [3.05, 3.63) is 11.8 Å². The maximum atomic E-state index is 12.6. The van der Waals surface area contributed by atoms with Crippen LogP contribution in [0.2, 0.25) is 0 Å². The third kappa shape index (κ3) is 3.11. The van der Waals surface area contributed by atoms with Gasteiger partial charge in [-0.15, -0.1) is 0 Å². The van der Waals surface area contributed by atoms with E-state index in [-0.39, 0.29) is 5.91 Å². The minimum absolute atomic E-state index is 0.00486. The van der Waals surface area contributed by atoms with E-state index in [1.807, 2.05) is 4.90 Å². The largest absolute Gasteiger partial charge is 0.481 e. The molecule has 1 saturated carbocycles. The minimum atomic E-state index is 0.00486. The van der Waals surface area contributed by atoms with Crippen LogP contribution < -0.4 is 4.74 Å². The van der Waals surface area contributed by atoms with Gasteiger partial charge in [0.2, 0.25) is 5.88 Å². The summed E-state index contributed by atoms with van der Waals surface area (Å²) >= 11 is 3.43. The zero-order chi connectivity index (χ0) is 13.8. The Bertz CT molecular complexity index is 441. The second kappa shape index (κ2) is 6.41. The highest BCUT2D eigenvalue weighted by molar-refractivity contribution is 9.09. The van der Waals surface area contributed by atoms with Crippen molar-refractivity contribution >= 4 is 21.8 Å². The molecule has 106 valence electrons. The lowest BCUT2D eigenvalue weighted by molar-refractivity contribution is 0.0689. The molecule has 0 atom stereocenters. The summed E-state index contributed by atoms with van der Waals surface area (Å²) < 4.78 is 6.75. The third-order valence-corrected chi connectivity index (χ3v) is 3.97. The molecule has 6 heteroatoms. The van der Waals surface area contributed by atoms with Crippen molar-refractivity contribution in [2.45, 2.75) is 31.7 Å². The molecule has 5 nitrogen and oxygen atoms in total. The van der Waals surface area contributed by atoms with Crippen LogP contribution >= 0.6 is 15.9 Å². The Labute approximate surface area is 122 Å². The molecule has 0 aromatic carbocycles. The number of hydrogen-bond acceptors (Lipinski definition) is 3. The average molecular weight is 330 g/mol. The van der Waals surface area contributed by atoms with E-state index in [4.69, 9.17) is 4.74 Å². The number of aromatic nitrogens is 2. The van der Waals surface area contributed by atoms with Gasteiger partial charge in [-0.3, -0.25) is 4.79 Å². The van der Waals surface area contributed by atoms with Crippen LogP contribution in [0, 0.1) is 0 Å². The zero-order valence-electron chi connectivity index (χ0n) is 11.4. The summed E-state index contributed by atoms with van der Waals surface area (Å²) in [6.45, 7) is 0.725. The SMILES string of the molecule is COc1cc(C(=O)N(CCBr)C2CCCC2)nn1C. The van der Waals surface area contributed by atoms with Crippen molar-refractivity contribution in [1.82, 2.24) is 14.7 Å². The lowest BCUT2D eigenvalue weighted by atomic mass is 10.2. The van der Waals surface area contributed by atoms with Gasteiger partial charge in [0, 0.05) is 31.0 Å². The minimum Gasteiger partial charge on any atom is -0.481 e. The van der Waals surface area contributed by atoms with E-state index in [9.17, 15) is 4.79 Å². The fourth-order valence-electron chi connectivity index (χ4n) is 2.65. The van der Waals surface area contributed by atoms with Gasteiger partial charge in [0.05, 0.1) is 7.11 Å². The molecule has 0 N–H and O–H groups in total. The molecule has 0 spiro atoms. The molecule has 1 fully saturated rings. The lowest BCUT2D eigenvalue weighted by Gasteiger charge is -2.27. The fourth-order valence-corrected chi connectivity index (χ4v) is 3.03. The Balaban J connectivity index is 2.17. The van der Waals surface area contributed by atoms with Gasteiger partial charge in [-0.2, -0.15) is 5.10 Å². The topological polar surface area (TPSA) is 47.4 Å². The van der Waals surface area contributed by atoms with E-state index in [2.05, 4.69) is 21.0 Å². The first-order valence-corrected chi connectivity index (χ1v) is 7.74. The summed E-state index contributed by atoms with van der Waals surface area (Å²) in [7, 11) is 3.36. The van der Waals surface area contributed by atoms with Gasteiger partial charge in [-0.05, 0) is 12.8 Å². The lowest BCUT2D eigenvalue weighted by Crippen LogP contribution is -2.40. The van der Waals surface area contributed by atoms with Crippen molar-refractivity contribution in [3.63, 3.8) is 0 Å². The Kier molecular flexibility index (Phi) is 4.85. The van der Waals surface area contributed by atoms with Gasteiger partial charge in [-0.1, -0.05) is 28.8 Å². The number of rotatable bonds is 5. The van der Waals surface area contributed by atoms with Crippen LogP contribution in [0.5, 0.6) is 5.88 Å². The van der Waals surface area contributed by atoms with Crippen LogP contribution in [0.3, 0.4) is 0 Å². The van der Waals surface area contributed by atoms with E-state index in [0.29, 0.717) is 17.6 Å². The van der Waals surface area contributed by atoms with Gasteiger partial charge < -0.3 is 9.64 Å². The number of halogens is 1. The molecule has 1 aromatic heterocycles. The summed E-state index contributed by atoms with van der Waals surface area (Å²) in [4.78, 5) is 14.5. The van der Waals surface area contributed by atoms with E-state index in [1.165, 1.54) is 12.8 Å². The van der Waals surface area contributed by atoms with Crippen LogP contribution in [0.25, 0.3) is 0 Å². The second-order valence-electron chi connectivity index (χ2n) is 4.82. The first-order valence-electron chi connectivity index (χ1n) is 6.62. The molecule has 0 radical (unpaired) electrons. The van der Waals surface area contributed by atoms with Gasteiger partial charge in [0.1, 0.15) is 0 Å². The van der Waals surface area contributed by atoms with Crippen molar-refractivity contribution in [1.29, 1.82) is 0 Å². The van der Waals surface area contributed by atoms with Gasteiger partial charge in [0.15, 0.2) is 5.69 Å². The van der Waals surface area contributed by atoms with Gasteiger partial charge in [0.25, 0.3) is 5.91 Å². The standard InChI is InChI=1S/C13H20BrN3O2/c1-16-12(19-2)9-11(15-16)13(18)17(8-7-14)10-5-3-4-6-10/h9-10H,3-8H2,1-2H3. The number of methoxy groups -OCH3 is 1. The van der Waals surface area contributed by atoms with Crippen LogP contribution in [0.4, 0.5) is 0 Å². The normalized spacial score (nSPS) is 15.7. The number of alkyl halides is 1. The molecule has 1 aliphatic rings. The Morgan fingerprint density at radius 3 is 2.79 bits per heavy atom. The van der Waals surface area contributed by atoms with Crippen LogP contribution in [-0.4, -0.2) is 45.6 Å². The Hall–Kier alpha value is -1.04. The molecule has 0 unspecified atom stereocenters. The number of nitrogens with zero attached hydrogens (tertiary/aromatic N) is 3. The maximum absolute atomic E-state index is 12.6. The molecular formula is C13H20BrN3O2. The fraction of sp³-hybridized carbons (Fsp3) is 0.692. The zero-order valence-corrected chi connectivity index (χ0v) is 13.0.